The van der Waals surface area contributed by atoms with E-state index >= 15 is 0 Å². The molecule has 134 valence electrons. The highest BCUT2D eigenvalue weighted by molar-refractivity contribution is 6.38. The average molecular weight is 365 g/mol. The Bertz CT molecular complexity index is 704. The van der Waals surface area contributed by atoms with Crippen LogP contribution < -0.4 is 15.0 Å². The van der Waals surface area contributed by atoms with Crippen LogP contribution in [0.4, 0.5) is 26.3 Å². The third-order valence-corrected chi connectivity index (χ3v) is 2.82. The van der Waals surface area contributed by atoms with Crippen molar-refractivity contribution in [2.75, 3.05) is 13.2 Å². The standard InChI is InChI=1S/C14H10BF6NO3/c16-7-1-3-9(13(20)11(7)18)24-15(23-6-5-22)25-10-4-2-8(17)12(19)14(10)21/h1-4H,5-6,22H2. The highest BCUT2D eigenvalue weighted by Gasteiger charge is 2.31. The van der Waals surface area contributed by atoms with Crippen LogP contribution in [-0.4, -0.2) is 20.5 Å². The molecule has 0 aromatic heterocycles. The van der Waals surface area contributed by atoms with Crippen molar-refractivity contribution in [3.63, 3.8) is 0 Å². The molecule has 0 unspecified atom stereocenters. The molecule has 2 aromatic rings. The highest BCUT2D eigenvalue weighted by atomic mass is 19.2. The molecule has 0 saturated carbocycles. The summed E-state index contributed by atoms with van der Waals surface area (Å²) in [5.74, 6) is -11.5. The van der Waals surface area contributed by atoms with Gasteiger partial charge < -0.3 is 19.7 Å². The zero-order valence-electron chi connectivity index (χ0n) is 12.4. The van der Waals surface area contributed by atoms with E-state index in [0.717, 1.165) is 12.1 Å². The summed E-state index contributed by atoms with van der Waals surface area (Å²) in [6, 6.07) is 2.62. The predicted molar refractivity (Wildman–Crippen MR) is 74.6 cm³/mol. The van der Waals surface area contributed by atoms with Crippen LogP contribution in [0.5, 0.6) is 11.5 Å². The Kier molecular flexibility index (Phi) is 6.15. The van der Waals surface area contributed by atoms with E-state index in [2.05, 4.69) is 0 Å². The molecule has 0 atom stereocenters. The minimum Gasteiger partial charge on any atom is -0.498 e. The van der Waals surface area contributed by atoms with E-state index in [-0.39, 0.29) is 13.2 Å². The summed E-state index contributed by atoms with van der Waals surface area (Å²) >= 11 is 0. The molecule has 0 aliphatic heterocycles. The molecule has 0 fully saturated rings. The summed E-state index contributed by atoms with van der Waals surface area (Å²) in [6.45, 7) is -0.273. The van der Waals surface area contributed by atoms with E-state index in [1.54, 1.807) is 0 Å². The third kappa shape index (κ3) is 4.37. The molecule has 0 aliphatic rings. The van der Waals surface area contributed by atoms with E-state index in [9.17, 15) is 26.3 Å². The van der Waals surface area contributed by atoms with E-state index < -0.39 is 53.7 Å². The first-order chi connectivity index (χ1) is 11.8. The minimum absolute atomic E-state index is 0.0518. The third-order valence-electron chi connectivity index (χ3n) is 2.82. The van der Waals surface area contributed by atoms with Gasteiger partial charge in [-0.3, -0.25) is 0 Å². The summed E-state index contributed by atoms with van der Waals surface area (Å²) in [7, 11) is -1.90. The van der Waals surface area contributed by atoms with E-state index in [1.807, 2.05) is 0 Å². The second kappa shape index (κ2) is 8.12. The van der Waals surface area contributed by atoms with Crippen LogP contribution in [0.15, 0.2) is 24.3 Å². The number of rotatable bonds is 7. The number of hydrogen-bond donors (Lipinski definition) is 1. The minimum atomic E-state index is -1.90. The Hall–Kier alpha value is -2.40. The summed E-state index contributed by atoms with van der Waals surface area (Å²) in [5, 5.41) is 0. The summed E-state index contributed by atoms with van der Waals surface area (Å²) < 4.78 is 94.1. The Labute approximate surface area is 138 Å². The molecule has 0 amide bonds. The van der Waals surface area contributed by atoms with Gasteiger partial charge in [-0.1, -0.05) is 0 Å². The summed E-state index contributed by atoms with van der Waals surface area (Å²) in [6.07, 6.45) is 0. The molecule has 2 aromatic carbocycles. The number of benzene rings is 2. The molecule has 0 saturated heterocycles. The van der Waals surface area contributed by atoms with Gasteiger partial charge in [-0.25, -0.2) is 17.6 Å². The molecule has 0 heterocycles. The molecular formula is C14H10BF6NO3. The lowest BCUT2D eigenvalue weighted by molar-refractivity contribution is 0.199. The van der Waals surface area contributed by atoms with Gasteiger partial charge in [0.15, 0.2) is 23.3 Å². The van der Waals surface area contributed by atoms with Crippen LogP contribution in [0, 0.1) is 34.9 Å². The molecule has 0 spiro atoms. The first-order valence-electron chi connectivity index (χ1n) is 6.77. The van der Waals surface area contributed by atoms with E-state index in [1.165, 1.54) is 0 Å². The normalized spacial score (nSPS) is 10.7. The van der Waals surface area contributed by atoms with Gasteiger partial charge in [0.05, 0.1) is 0 Å². The van der Waals surface area contributed by atoms with Crippen LogP contribution in [0.3, 0.4) is 0 Å². The van der Waals surface area contributed by atoms with Gasteiger partial charge in [0, 0.05) is 13.2 Å². The van der Waals surface area contributed by atoms with Crippen molar-refractivity contribution >= 4 is 7.32 Å². The van der Waals surface area contributed by atoms with Crippen LogP contribution >= 0.6 is 0 Å². The smallest absolute Gasteiger partial charge is 0.498 e. The molecule has 4 nitrogen and oxygen atoms in total. The highest BCUT2D eigenvalue weighted by Crippen LogP contribution is 2.25. The molecule has 0 aliphatic carbocycles. The maximum Gasteiger partial charge on any atom is 0.788 e. The fraction of sp³-hybridized carbons (Fsp3) is 0.143. The zero-order valence-corrected chi connectivity index (χ0v) is 12.4. The monoisotopic (exact) mass is 365 g/mol. The SMILES string of the molecule is NCCOB(Oc1ccc(F)c(F)c1F)Oc1ccc(F)c(F)c1F. The molecule has 0 radical (unpaired) electrons. The maximum absolute atomic E-state index is 13.6. The summed E-state index contributed by atoms with van der Waals surface area (Å²) in [5.41, 5.74) is 5.21. The van der Waals surface area contributed by atoms with E-state index in [0.29, 0.717) is 12.1 Å². The fourth-order valence-electron chi connectivity index (χ4n) is 1.66. The van der Waals surface area contributed by atoms with E-state index in [4.69, 9.17) is 19.7 Å². The quantitative estimate of drug-likeness (QED) is 0.466. The van der Waals surface area contributed by atoms with Crippen molar-refractivity contribution in [2.45, 2.75) is 0 Å². The van der Waals surface area contributed by atoms with Gasteiger partial charge in [-0.15, -0.1) is 0 Å². The second-order valence-electron chi connectivity index (χ2n) is 4.53. The van der Waals surface area contributed by atoms with Gasteiger partial charge in [0.25, 0.3) is 0 Å². The fourth-order valence-corrected chi connectivity index (χ4v) is 1.66. The van der Waals surface area contributed by atoms with Crippen LogP contribution in [0.1, 0.15) is 0 Å². The second-order valence-corrected chi connectivity index (χ2v) is 4.53. The van der Waals surface area contributed by atoms with Crippen molar-refractivity contribution in [3.8, 4) is 11.5 Å². The molecule has 11 heteroatoms. The van der Waals surface area contributed by atoms with Crippen molar-refractivity contribution in [3.05, 3.63) is 59.2 Å². The molecule has 2 rings (SSSR count). The van der Waals surface area contributed by atoms with Crippen LogP contribution in [-0.2, 0) is 4.65 Å². The first-order valence-corrected chi connectivity index (χ1v) is 6.77. The number of hydrogen-bond acceptors (Lipinski definition) is 4. The lowest BCUT2D eigenvalue weighted by Gasteiger charge is -2.16. The summed E-state index contributed by atoms with van der Waals surface area (Å²) in [4.78, 5) is 0. The molecule has 0 bridgehead atoms. The Morgan fingerprint density at radius 1 is 0.720 bits per heavy atom. The lowest BCUT2D eigenvalue weighted by atomic mass is 10.2. The topological polar surface area (TPSA) is 53.7 Å². The van der Waals surface area contributed by atoms with Gasteiger partial charge in [0.2, 0.25) is 11.6 Å². The Morgan fingerprint density at radius 3 is 1.56 bits per heavy atom. The Morgan fingerprint density at radius 2 is 1.16 bits per heavy atom. The predicted octanol–water partition coefficient (Wildman–Crippen LogP) is 2.94. The van der Waals surface area contributed by atoms with Gasteiger partial charge in [-0.2, -0.15) is 8.78 Å². The van der Waals surface area contributed by atoms with Gasteiger partial charge in [0.1, 0.15) is 11.5 Å². The van der Waals surface area contributed by atoms with Crippen molar-refractivity contribution < 1.29 is 40.3 Å². The van der Waals surface area contributed by atoms with Crippen molar-refractivity contribution in [2.24, 2.45) is 5.73 Å². The van der Waals surface area contributed by atoms with Gasteiger partial charge >= 0.3 is 7.32 Å². The number of nitrogens with two attached hydrogens (primary N) is 1. The lowest BCUT2D eigenvalue weighted by Crippen LogP contribution is -2.36. The first kappa shape index (κ1) is 18.9. The van der Waals surface area contributed by atoms with Crippen molar-refractivity contribution in [1.82, 2.24) is 0 Å². The molecule has 25 heavy (non-hydrogen) atoms. The molecular weight excluding hydrogens is 355 g/mol. The average Bonchev–Trinajstić information content (AvgIpc) is 2.60. The van der Waals surface area contributed by atoms with Gasteiger partial charge in [-0.05, 0) is 24.3 Å². The largest absolute Gasteiger partial charge is 0.788 e. The molecule has 2 N–H and O–H groups in total. The zero-order chi connectivity index (χ0) is 18.6. The van der Waals surface area contributed by atoms with Crippen molar-refractivity contribution in [1.29, 1.82) is 0 Å². The number of halogens is 6. The maximum atomic E-state index is 13.6. The Balaban J connectivity index is 2.25. The van der Waals surface area contributed by atoms with Crippen LogP contribution in [0.25, 0.3) is 0 Å². The van der Waals surface area contributed by atoms with Crippen LogP contribution in [0.2, 0.25) is 0 Å².